The number of para-hydroxylation sites is 1. The summed E-state index contributed by atoms with van der Waals surface area (Å²) in [6.45, 7) is 1.75. The van der Waals surface area contributed by atoms with Gasteiger partial charge in [0, 0.05) is 31.7 Å². The van der Waals surface area contributed by atoms with E-state index in [9.17, 15) is 9.59 Å². The molecule has 1 heterocycles. The standard InChI is InChI=1S/C20H22N2O4/c1-25-17-8-5-6-15(12-17)13-21-10-11-22(20(24)19(21)23)14-16-7-3-4-9-18(16)26-2/h3-9,12H,10-11,13-14H2,1-2H3. The van der Waals surface area contributed by atoms with Gasteiger partial charge in [-0.3, -0.25) is 9.59 Å². The molecule has 0 unspecified atom stereocenters. The molecule has 0 saturated carbocycles. The quantitative estimate of drug-likeness (QED) is 0.745. The molecule has 0 spiro atoms. The summed E-state index contributed by atoms with van der Waals surface area (Å²) in [6.07, 6.45) is 0. The second-order valence-electron chi connectivity index (χ2n) is 6.12. The van der Waals surface area contributed by atoms with Crippen LogP contribution >= 0.6 is 0 Å². The number of rotatable bonds is 6. The summed E-state index contributed by atoms with van der Waals surface area (Å²) >= 11 is 0. The fraction of sp³-hybridized carbons (Fsp3) is 0.300. The maximum Gasteiger partial charge on any atom is 0.312 e. The van der Waals surface area contributed by atoms with E-state index in [1.165, 1.54) is 0 Å². The Balaban J connectivity index is 1.67. The lowest BCUT2D eigenvalue weighted by Crippen LogP contribution is -2.53. The van der Waals surface area contributed by atoms with Gasteiger partial charge < -0.3 is 19.3 Å². The lowest BCUT2D eigenvalue weighted by Gasteiger charge is -2.34. The Kier molecular flexibility index (Phi) is 5.41. The van der Waals surface area contributed by atoms with Crippen LogP contribution in [0.2, 0.25) is 0 Å². The first-order valence-electron chi connectivity index (χ1n) is 8.45. The highest BCUT2D eigenvalue weighted by Gasteiger charge is 2.32. The van der Waals surface area contributed by atoms with Crippen LogP contribution in [0, 0.1) is 0 Å². The normalized spacial score (nSPS) is 14.5. The van der Waals surface area contributed by atoms with Crippen molar-refractivity contribution < 1.29 is 19.1 Å². The van der Waals surface area contributed by atoms with Crippen molar-refractivity contribution >= 4 is 11.8 Å². The summed E-state index contributed by atoms with van der Waals surface area (Å²) < 4.78 is 10.5. The van der Waals surface area contributed by atoms with Crippen LogP contribution in [0.1, 0.15) is 11.1 Å². The highest BCUT2D eigenvalue weighted by atomic mass is 16.5. The molecule has 26 heavy (non-hydrogen) atoms. The van der Waals surface area contributed by atoms with E-state index in [2.05, 4.69) is 0 Å². The zero-order chi connectivity index (χ0) is 18.5. The first-order chi connectivity index (χ1) is 12.6. The first kappa shape index (κ1) is 17.8. The van der Waals surface area contributed by atoms with Crippen molar-refractivity contribution in [2.45, 2.75) is 13.1 Å². The molecule has 0 aromatic heterocycles. The van der Waals surface area contributed by atoms with E-state index < -0.39 is 11.8 Å². The first-order valence-corrected chi connectivity index (χ1v) is 8.45. The van der Waals surface area contributed by atoms with E-state index in [0.29, 0.717) is 31.9 Å². The van der Waals surface area contributed by atoms with E-state index in [-0.39, 0.29) is 0 Å². The lowest BCUT2D eigenvalue weighted by atomic mass is 10.1. The van der Waals surface area contributed by atoms with Crippen molar-refractivity contribution in [1.29, 1.82) is 0 Å². The van der Waals surface area contributed by atoms with E-state index in [0.717, 1.165) is 16.9 Å². The molecule has 0 bridgehead atoms. The Labute approximate surface area is 152 Å². The zero-order valence-electron chi connectivity index (χ0n) is 15.0. The van der Waals surface area contributed by atoms with Crippen LogP contribution in [0.25, 0.3) is 0 Å². The van der Waals surface area contributed by atoms with Gasteiger partial charge >= 0.3 is 11.8 Å². The fourth-order valence-electron chi connectivity index (χ4n) is 3.05. The van der Waals surface area contributed by atoms with Gasteiger partial charge in [0.1, 0.15) is 11.5 Å². The van der Waals surface area contributed by atoms with Gasteiger partial charge in [0.2, 0.25) is 0 Å². The van der Waals surface area contributed by atoms with Crippen molar-refractivity contribution in [2.24, 2.45) is 0 Å². The molecule has 6 nitrogen and oxygen atoms in total. The van der Waals surface area contributed by atoms with Crippen LogP contribution < -0.4 is 9.47 Å². The molecule has 2 amide bonds. The van der Waals surface area contributed by atoms with Gasteiger partial charge in [-0.05, 0) is 23.8 Å². The number of hydrogen-bond acceptors (Lipinski definition) is 4. The van der Waals surface area contributed by atoms with Gasteiger partial charge in [0.25, 0.3) is 0 Å². The Morgan fingerprint density at radius 1 is 0.846 bits per heavy atom. The summed E-state index contributed by atoms with van der Waals surface area (Å²) in [6, 6.07) is 15.0. The topological polar surface area (TPSA) is 59.1 Å². The number of carbonyl (C=O) groups is 2. The summed E-state index contributed by atoms with van der Waals surface area (Å²) in [5.74, 6) is 0.488. The minimum absolute atomic E-state index is 0.363. The van der Waals surface area contributed by atoms with E-state index in [1.807, 2.05) is 48.5 Å². The number of benzene rings is 2. The molecular weight excluding hydrogens is 332 g/mol. The van der Waals surface area contributed by atoms with Gasteiger partial charge in [-0.15, -0.1) is 0 Å². The average molecular weight is 354 g/mol. The van der Waals surface area contributed by atoms with Crippen LogP contribution in [0.3, 0.4) is 0 Å². The molecule has 2 aromatic rings. The SMILES string of the molecule is COc1cccc(CN2CCN(Cc3ccccc3OC)C(=O)C2=O)c1. The van der Waals surface area contributed by atoms with Crippen LogP contribution in [0.5, 0.6) is 11.5 Å². The lowest BCUT2D eigenvalue weighted by molar-refractivity contribution is -0.156. The number of amides is 2. The predicted octanol–water partition coefficient (Wildman–Crippen LogP) is 2.07. The van der Waals surface area contributed by atoms with Crippen LogP contribution in [0.4, 0.5) is 0 Å². The second-order valence-corrected chi connectivity index (χ2v) is 6.12. The van der Waals surface area contributed by atoms with E-state index in [1.54, 1.807) is 24.0 Å². The van der Waals surface area contributed by atoms with Crippen molar-refractivity contribution in [1.82, 2.24) is 9.80 Å². The highest BCUT2D eigenvalue weighted by Crippen LogP contribution is 2.21. The molecule has 2 aromatic carbocycles. The Morgan fingerprint density at radius 2 is 1.54 bits per heavy atom. The Morgan fingerprint density at radius 3 is 2.23 bits per heavy atom. The van der Waals surface area contributed by atoms with Gasteiger partial charge in [-0.1, -0.05) is 30.3 Å². The number of carbonyl (C=O) groups excluding carboxylic acids is 2. The van der Waals surface area contributed by atoms with Crippen molar-refractivity contribution in [3.05, 3.63) is 59.7 Å². The number of methoxy groups -OCH3 is 2. The number of nitrogens with zero attached hydrogens (tertiary/aromatic N) is 2. The minimum atomic E-state index is -0.481. The molecule has 0 aliphatic carbocycles. The average Bonchev–Trinajstić information content (AvgIpc) is 2.68. The molecule has 3 rings (SSSR count). The smallest absolute Gasteiger partial charge is 0.312 e. The highest BCUT2D eigenvalue weighted by molar-refractivity contribution is 6.35. The molecule has 0 radical (unpaired) electrons. The van der Waals surface area contributed by atoms with E-state index >= 15 is 0 Å². The van der Waals surface area contributed by atoms with Gasteiger partial charge in [0.05, 0.1) is 14.2 Å². The summed E-state index contributed by atoms with van der Waals surface area (Å²) in [7, 11) is 3.20. The summed E-state index contributed by atoms with van der Waals surface area (Å²) in [4.78, 5) is 28.2. The zero-order valence-corrected chi connectivity index (χ0v) is 15.0. The molecule has 6 heteroatoms. The van der Waals surface area contributed by atoms with Crippen LogP contribution in [-0.4, -0.2) is 48.9 Å². The molecule has 1 aliphatic rings. The second kappa shape index (κ2) is 7.91. The number of piperazine rings is 1. The van der Waals surface area contributed by atoms with Crippen molar-refractivity contribution in [3.63, 3.8) is 0 Å². The number of hydrogen-bond donors (Lipinski definition) is 0. The molecule has 1 aliphatic heterocycles. The maximum atomic E-state index is 12.5. The summed E-state index contributed by atoms with van der Waals surface area (Å²) in [5.41, 5.74) is 1.82. The maximum absolute atomic E-state index is 12.5. The van der Waals surface area contributed by atoms with E-state index in [4.69, 9.17) is 9.47 Å². The van der Waals surface area contributed by atoms with Gasteiger partial charge in [-0.25, -0.2) is 0 Å². The molecule has 0 N–H and O–H groups in total. The summed E-state index contributed by atoms with van der Waals surface area (Å²) in [5, 5.41) is 0. The van der Waals surface area contributed by atoms with Gasteiger partial charge in [0.15, 0.2) is 0 Å². The van der Waals surface area contributed by atoms with Crippen molar-refractivity contribution in [3.8, 4) is 11.5 Å². The molecule has 1 fully saturated rings. The monoisotopic (exact) mass is 354 g/mol. The predicted molar refractivity (Wildman–Crippen MR) is 96.8 cm³/mol. The van der Waals surface area contributed by atoms with Crippen molar-refractivity contribution in [2.75, 3.05) is 27.3 Å². The largest absolute Gasteiger partial charge is 0.497 e. The fourth-order valence-corrected chi connectivity index (χ4v) is 3.05. The third-order valence-electron chi connectivity index (χ3n) is 4.46. The number of ether oxygens (including phenoxy) is 2. The molecule has 136 valence electrons. The molecule has 1 saturated heterocycles. The Bertz CT molecular complexity index is 806. The molecular formula is C20H22N2O4. The van der Waals surface area contributed by atoms with Crippen LogP contribution in [-0.2, 0) is 22.7 Å². The third kappa shape index (κ3) is 3.79. The minimum Gasteiger partial charge on any atom is -0.497 e. The Hall–Kier alpha value is -3.02. The molecule has 0 atom stereocenters. The van der Waals surface area contributed by atoms with Gasteiger partial charge in [-0.2, -0.15) is 0 Å². The van der Waals surface area contributed by atoms with Crippen LogP contribution in [0.15, 0.2) is 48.5 Å². The third-order valence-corrected chi connectivity index (χ3v) is 4.46.